The number of carbonyl (C=O) groups excluding carboxylic acids is 1. The van der Waals surface area contributed by atoms with Crippen LogP contribution in [0.1, 0.15) is 50.4 Å². The highest BCUT2D eigenvalue weighted by molar-refractivity contribution is 5.70. The van der Waals surface area contributed by atoms with E-state index in [9.17, 15) is 9.59 Å². The monoisotopic (exact) mass is 294 g/mol. The minimum absolute atomic E-state index is 0.146. The van der Waals surface area contributed by atoms with Crippen LogP contribution in [0.15, 0.2) is 12.4 Å². The van der Waals surface area contributed by atoms with E-state index in [0.29, 0.717) is 24.4 Å². The third kappa shape index (κ3) is 8.02. The lowest BCUT2D eigenvalue weighted by molar-refractivity contribution is -0.143. The van der Waals surface area contributed by atoms with E-state index < -0.39 is 5.97 Å². The lowest BCUT2D eigenvalue weighted by Crippen LogP contribution is -2.08. The van der Waals surface area contributed by atoms with E-state index in [0.717, 1.165) is 25.7 Å². The Labute approximate surface area is 124 Å². The average Bonchev–Trinajstić information content (AvgIpc) is 2.46. The minimum atomic E-state index is -0.941. The van der Waals surface area contributed by atoms with Crippen LogP contribution in [0.5, 0.6) is 0 Å². The summed E-state index contributed by atoms with van der Waals surface area (Å²) in [6.07, 6.45) is 7.82. The third-order valence-electron chi connectivity index (χ3n) is 2.94. The molecule has 0 radical (unpaired) electrons. The maximum atomic E-state index is 11.5. The molecular formula is C15H22N2O4. The number of unbranched alkanes of at least 4 members (excludes halogenated alkanes) is 3. The molecule has 0 atom stereocenters. The molecule has 1 heterocycles. The first kappa shape index (κ1) is 17.1. The van der Waals surface area contributed by atoms with Gasteiger partial charge in [-0.05, 0) is 6.42 Å². The second-order valence-corrected chi connectivity index (χ2v) is 4.85. The molecule has 0 spiro atoms. The van der Waals surface area contributed by atoms with Gasteiger partial charge in [0.15, 0.2) is 0 Å². The maximum Gasteiger partial charge on any atom is 0.309 e. The summed E-state index contributed by atoms with van der Waals surface area (Å²) >= 11 is 0. The van der Waals surface area contributed by atoms with E-state index in [2.05, 4.69) is 16.9 Å². The minimum Gasteiger partial charge on any atom is -0.481 e. The summed E-state index contributed by atoms with van der Waals surface area (Å²) < 4.78 is 5.12. The standard InChI is InChI=1S/C15H22N2O4/c1-2-3-4-5-8-21-15(20)7-6-12-10-17-13(11-16-12)9-14(18)19/h10-11H,2-9H2,1H3,(H,18,19). The SMILES string of the molecule is CCCCCCOC(=O)CCc1cnc(CC(=O)O)cn1. The van der Waals surface area contributed by atoms with Crippen LogP contribution in [0.2, 0.25) is 0 Å². The Morgan fingerprint density at radius 2 is 1.86 bits per heavy atom. The largest absolute Gasteiger partial charge is 0.481 e. The molecule has 0 amide bonds. The number of esters is 1. The molecule has 21 heavy (non-hydrogen) atoms. The number of aromatic nitrogens is 2. The van der Waals surface area contributed by atoms with E-state index in [-0.39, 0.29) is 18.8 Å². The van der Waals surface area contributed by atoms with E-state index in [1.807, 2.05) is 0 Å². The second kappa shape index (κ2) is 9.85. The number of carbonyl (C=O) groups is 2. The number of nitrogens with zero attached hydrogens (tertiary/aromatic N) is 2. The number of ether oxygens (including phenoxy) is 1. The molecule has 0 unspecified atom stereocenters. The number of hydrogen-bond acceptors (Lipinski definition) is 5. The van der Waals surface area contributed by atoms with E-state index in [1.54, 1.807) is 0 Å². The van der Waals surface area contributed by atoms with Gasteiger partial charge in [0.2, 0.25) is 0 Å². The molecule has 6 nitrogen and oxygen atoms in total. The summed E-state index contributed by atoms with van der Waals surface area (Å²) in [6, 6.07) is 0. The smallest absolute Gasteiger partial charge is 0.309 e. The van der Waals surface area contributed by atoms with Crippen molar-refractivity contribution in [1.82, 2.24) is 9.97 Å². The molecule has 0 bridgehead atoms. The average molecular weight is 294 g/mol. The van der Waals surface area contributed by atoms with Crippen LogP contribution < -0.4 is 0 Å². The van der Waals surface area contributed by atoms with Crippen LogP contribution in [0.4, 0.5) is 0 Å². The number of carboxylic acid groups (broad SMARTS) is 1. The number of aryl methyl sites for hydroxylation is 1. The van der Waals surface area contributed by atoms with Crippen LogP contribution >= 0.6 is 0 Å². The summed E-state index contributed by atoms with van der Waals surface area (Å²) in [7, 11) is 0. The molecule has 1 rings (SSSR count). The highest BCUT2D eigenvalue weighted by Gasteiger charge is 2.06. The van der Waals surface area contributed by atoms with Gasteiger partial charge in [0.05, 0.1) is 30.8 Å². The molecule has 0 aliphatic carbocycles. The Bertz CT molecular complexity index is 445. The highest BCUT2D eigenvalue weighted by atomic mass is 16.5. The van der Waals surface area contributed by atoms with Gasteiger partial charge in [-0.2, -0.15) is 0 Å². The van der Waals surface area contributed by atoms with Gasteiger partial charge < -0.3 is 9.84 Å². The van der Waals surface area contributed by atoms with Gasteiger partial charge in [-0.3, -0.25) is 19.6 Å². The van der Waals surface area contributed by atoms with Gasteiger partial charge >= 0.3 is 11.9 Å². The van der Waals surface area contributed by atoms with Crippen molar-refractivity contribution in [2.75, 3.05) is 6.61 Å². The predicted octanol–water partition coefficient (Wildman–Crippen LogP) is 2.16. The van der Waals surface area contributed by atoms with Gasteiger partial charge in [0, 0.05) is 18.8 Å². The third-order valence-corrected chi connectivity index (χ3v) is 2.94. The van der Waals surface area contributed by atoms with Crippen molar-refractivity contribution in [3.8, 4) is 0 Å². The zero-order valence-corrected chi connectivity index (χ0v) is 12.4. The second-order valence-electron chi connectivity index (χ2n) is 4.85. The topological polar surface area (TPSA) is 89.4 Å². The summed E-state index contributed by atoms with van der Waals surface area (Å²) in [4.78, 5) is 30.1. The summed E-state index contributed by atoms with van der Waals surface area (Å²) in [5.41, 5.74) is 1.07. The van der Waals surface area contributed by atoms with Gasteiger partial charge in [-0.25, -0.2) is 0 Å². The van der Waals surface area contributed by atoms with Crippen LogP contribution in [-0.4, -0.2) is 33.6 Å². The van der Waals surface area contributed by atoms with Crippen molar-refractivity contribution in [1.29, 1.82) is 0 Å². The zero-order chi connectivity index (χ0) is 15.5. The molecule has 0 fully saturated rings. The first-order chi connectivity index (χ1) is 10.1. The summed E-state index contributed by atoms with van der Waals surface area (Å²) in [5, 5.41) is 8.62. The lowest BCUT2D eigenvalue weighted by atomic mass is 10.2. The molecule has 6 heteroatoms. The summed E-state index contributed by atoms with van der Waals surface area (Å²) in [6.45, 7) is 2.61. The van der Waals surface area contributed by atoms with Crippen molar-refractivity contribution in [3.05, 3.63) is 23.8 Å². The Morgan fingerprint density at radius 3 is 2.48 bits per heavy atom. The molecule has 0 aliphatic heterocycles. The fraction of sp³-hybridized carbons (Fsp3) is 0.600. The van der Waals surface area contributed by atoms with E-state index in [4.69, 9.17) is 9.84 Å². The molecule has 0 saturated carbocycles. The maximum absolute atomic E-state index is 11.5. The summed E-state index contributed by atoms with van der Waals surface area (Å²) in [5.74, 6) is -1.17. The van der Waals surface area contributed by atoms with Crippen LogP contribution in [0, 0.1) is 0 Å². The number of carboxylic acids is 1. The normalized spacial score (nSPS) is 10.3. The number of rotatable bonds is 10. The predicted molar refractivity (Wildman–Crippen MR) is 76.8 cm³/mol. The molecule has 1 aromatic heterocycles. The Kier molecular flexibility index (Phi) is 8.01. The van der Waals surface area contributed by atoms with Crippen molar-refractivity contribution >= 4 is 11.9 Å². The first-order valence-corrected chi connectivity index (χ1v) is 7.29. The zero-order valence-electron chi connectivity index (χ0n) is 12.4. The van der Waals surface area contributed by atoms with Crippen molar-refractivity contribution in [2.45, 2.75) is 51.9 Å². The molecule has 1 aromatic rings. The lowest BCUT2D eigenvalue weighted by Gasteiger charge is -2.04. The van der Waals surface area contributed by atoms with Gasteiger partial charge in [0.25, 0.3) is 0 Å². The van der Waals surface area contributed by atoms with Gasteiger partial charge in [0.1, 0.15) is 0 Å². The van der Waals surface area contributed by atoms with Crippen molar-refractivity contribution < 1.29 is 19.4 Å². The molecule has 1 N–H and O–H groups in total. The first-order valence-electron chi connectivity index (χ1n) is 7.29. The van der Waals surface area contributed by atoms with Crippen LogP contribution in [0.25, 0.3) is 0 Å². The van der Waals surface area contributed by atoms with Crippen molar-refractivity contribution in [2.24, 2.45) is 0 Å². The quantitative estimate of drug-likeness (QED) is 0.525. The van der Waals surface area contributed by atoms with Crippen LogP contribution in [-0.2, 0) is 27.2 Å². The van der Waals surface area contributed by atoms with Crippen molar-refractivity contribution in [3.63, 3.8) is 0 Å². The highest BCUT2D eigenvalue weighted by Crippen LogP contribution is 2.03. The molecule has 0 aromatic carbocycles. The number of hydrogen-bond donors (Lipinski definition) is 1. The van der Waals surface area contributed by atoms with Crippen LogP contribution in [0.3, 0.4) is 0 Å². The van der Waals surface area contributed by atoms with Gasteiger partial charge in [-0.15, -0.1) is 0 Å². The molecular weight excluding hydrogens is 272 g/mol. The molecule has 116 valence electrons. The van der Waals surface area contributed by atoms with E-state index >= 15 is 0 Å². The van der Waals surface area contributed by atoms with Gasteiger partial charge in [-0.1, -0.05) is 26.2 Å². The Balaban J connectivity index is 2.21. The number of aliphatic carboxylic acids is 1. The Morgan fingerprint density at radius 1 is 1.14 bits per heavy atom. The van der Waals surface area contributed by atoms with E-state index in [1.165, 1.54) is 12.4 Å². The molecule has 0 saturated heterocycles. The molecule has 0 aliphatic rings. The Hall–Kier alpha value is -1.98. The fourth-order valence-electron chi connectivity index (χ4n) is 1.77. The fourth-order valence-corrected chi connectivity index (χ4v) is 1.77.